The minimum absolute atomic E-state index is 0.0905. The molecule has 29 heavy (non-hydrogen) atoms. The van der Waals surface area contributed by atoms with Gasteiger partial charge >= 0.3 is 0 Å². The van der Waals surface area contributed by atoms with Crippen molar-refractivity contribution in [3.63, 3.8) is 0 Å². The fourth-order valence-corrected chi connectivity index (χ4v) is 4.04. The van der Waals surface area contributed by atoms with Gasteiger partial charge in [-0.05, 0) is 30.7 Å². The molecule has 1 aromatic heterocycles. The van der Waals surface area contributed by atoms with Crippen molar-refractivity contribution in [1.82, 2.24) is 14.5 Å². The number of rotatable bonds is 7. The lowest BCUT2D eigenvalue weighted by atomic mass is 10.2. The number of carbonyl (C=O) groups excluding carboxylic acids is 1. The van der Waals surface area contributed by atoms with Crippen LogP contribution >= 0.6 is 23.4 Å². The molecule has 0 unspecified atom stereocenters. The van der Waals surface area contributed by atoms with E-state index in [1.165, 1.54) is 22.7 Å². The molecule has 8 heteroatoms. The highest BCUT2D eigenvalue weighted by atomic mass is 35.5. The first-order valence-corrected chi connectivity index (χ1v) is 10.6. The van der Waals surface area contributed by atoms with Crippen LogP contribution in [0.4, 0.5) is 4.39 Å². The van der Waals surface area contributed by atoms with Crippen molar-refractivity contribution in [2.75, 3.05) is 12.8 Å². The highest BCUT2D eigenvalue weighted by molar-refractivity contribution is 7.99. The summed E-state index contributed by atoms with van der Waals surface area (Å²) in [5, 5.41) is 1.46. The average molecular weight is 434 g/mol. The minimum Gasteiger partial charge on any atom is -0.341 e. The van der Waals surface area contributed by atoms with Gasteiger partial charge in [-0.15, -0.1) is 0 Å². The van der Waals surface area contributed by atoms with E-state index >= 15 is 0 Å². The lowest BCUT2D eigenvalue weighted by Gasteiger charge is -2.18. The van der Waals surface area contributed by atoms with Gasteiger partial charge in [0.1, 0.15) is 5.82 Å². The van der Waals surface area contributed by atoms with E-state index in [2.05, 4.69) is 4.98 Å². The second kappa shape index (κ2) is 9.41. The molecule has 3 rings (SSSR count). The summed E-state index contributed by atoms with van der Waals surface area (Å²) in [7, 11) is 1.63. The smallest absolute Gasteiger partial charge is 0.262 e. The largest absolute Gasteiger partial charge is 0.341 e. The summed E-state index contributed by atoms with van der Waals surface area (Å²) in [5.74, 6) is -0.431. The lowest BCUT2D eigenvalue weighted by molar-refractivity contribution is -0.127. The average Bonchev–Trinajstić information content (AvgIpc) is 2.70. The maximum atomic E-state index is 13.8. The Morgan fingerprint density at radius 2 is 2.03 bits per heavy atom. The van der Waals surface area contributed by atoms with Crippen LogP contribution in [0.15, 0.2) is 52.4 Å². The molecule has 0 spiro atoms. The van der Waals surface area contributed by atoms with Crippen molar-refractivity contribution in [3.8, 4) is 0 Å². The van der Waals surface area contributed by atoms with Crippen molar-refractivity contribution >= 4 is 40.2 Å². The molecule has 3 aromatic rings. The van der Waals surface area contributed by atoms with E-state index in [1.54, 1.807) is 48.0 Å². The molecule has 0 N–H and O–H groups in total. The van der Waals surface area contributed by atoms with Gasteiger partial charge in [-0.1, -0.05) is 48.5 Å². The van der Waals surface area contributed by atoms with E-state index in [4.69, 9.17) is 11.6 Å². The molecule has 0 aliphatic carbocycles. The molecule has 0 radical (unpaired) electrons. The highest BCUT2D eigenvalue weighted by Crippen LogP contribution is 2.21. The molecule has 0 bridgehead atoms. The summed E-state index contributed by atoms with van der Waals surface area (Å²) in [6, 6.07) is 11.3. The fraction of sp³-hybridized carbons (Fsp3) is 0.286. The van der Waals surface area contributed by atoms with Gasteiger partial charge in [0.05, 0.1) is 16.7 Å². The third-order valence-electron chi connectivity index (χ3n) is 4.45. The van der Waals surface area contributed by atoms with Crippen LogP contribution in [0.3, 0.4) is 0 Å². The Bertz CT molecular complexity index is 1100. The second-order valence-electron chi connectivity index (χ2n) is 6.64. The fourth-order valence-electron chi connectivity index (χ4n) is 2.91. The maximum Gasteiger partial charge on any atom is 0.262 e. The Kier molecular flexibility index (Phi) is 6.92. The normalized spacial score (nSPS) is 11.0. The van der Waals surface area contributed by atoms with Gasteiger partial charge in [-0.25, -0.2) is 9.37 Å². The molecule has 0 aliphatic heterocycles. The third-order valence-corrected chi connectivity index (χ3v) is 5.64. The first kappa shape index (κ1) is 21.3. The topological polar surface area (TPSA) is 55.2 Å². The summed E-state index contributed by atoms with van der Waals surface area (Å²) in [6.45, 7) is 2.65. The quantitative estimate of drug-likeness (QED) is 0.410. The number of halogens is 2. The Balaban J connectivity index is 1.80. The van der Waals surface area contributed by atoms with E-state index < -0.39 is 0 Å². The number of hydrogen-bond acceptors (Lipinski definition) is 4. The van der Waals surface area contributed by atoms with E-state index in [0.717, 1.165) is 6.42 Å². The molecule has 1 heterocycles. The molecule has 0 fully saturated rings. The van der Waals surface area contributed by atoms with Crippen LogP contribution < -0.4 is 5.56 Å². The zero-order valence-electron chi connectivity index (χ0n) is 16.2. The number of nitrogens with zero attached hydrogens (tertiary/aromatic N) is 3. The van der Waals surface area contributed by atoms with Crippen LogP contribution in [-0.2, 0) is 17.9 Å². The summed E-state index contributed by atoms with van der Waals surface area (Å²) >= 11 is 7.23. The van der Waals surface area contributed by atoms with Gasteiger partial charge in [-0.3, -0.25) is 14.2 Å². The van der Waals surface area contributed by atoms with Crippen molar-refractivity contribution in [2.24, 2.45) is 0 Å². The molecule has 2 aromatic carbocycles. The Morgan fingerprint density at radius 3 is 2.76 bits per heavy atom. The van der Waals surface area contributed by atoms with E-state index in [-0.39, 0.29) is 29.6 Å². The monoisotopic (exact) mass is 433 g/mol. The van der Waals surface area contributed by atoms with Crippen LogP contribution in [0.2, 0.25) is 5.02 Å². The van der Waals surface area contributed by atoms with Gasteiger partial charge in [-0.2, -0.15) is 0 Å². The summed E-state index contributed by atoms with van der Waals surface area (Å²) < 4.78 is 15.4. The molecular weight excluding hydrogens is 413 g/mol. The minimum atomic E-state index is -0.343. The van der Waals surface area contributed by atoms with Crippen molar-refractivity contribution < 1.29 is 9.18 Å². The molecule has 0 saturated heterocycles. The molecule has 5 nitrogen and oxygen atoms in total. The van der Waals surface area contributed by atoms with Gasteiger partial charge in [0.15, 0.2) is 5.16 Å². The first-order chi connectivity index (χ1) is 13.9. The second-order valence-corrected chi connectivity index (χ2v) is 8.02. The van der Waals surface area contributed by atoms with E-state index in [1.807, 2.05) is 6.92 Å². The molecular formula is C21H21ClFN3O2S. The number of benzene rings is 2. The zero-order valence-corrected chi connectivity index (χ0v) is 17.8. The van der Waals surface area contributed by atoms with Crippen LogP contribution in [0.1, 0.15) is 18.9 Å². The summed E-state index contributed by atoms with van der Waals surface area (Å²) in [6.07, 6.45) is 0.759. The third kappa shape index (κ3) is 4.97. The van der Waals surface area contributed by atoms with Crippen molar-refractivity contribution in [2.45, 2.75) is 31.6 Å². The van der Waals surface area contributed by atoms with Crippen molar-refractivity contribution in [1.29, 1.82) is 0 Å². The standard InChI is InChI=1S/C21H21ClFN3O2S/c1-3-10-26-20(28)16-9-8-15(22)11-18(16)24-21(26)29-13-19(27)25(2)12-14-6-4-5-7-17(14)23/h4-9,11H,3,10,12-13H2,1-2H3. The Labute approximate surface area is 177 Å². The maximum absolute atomic E-state index is 13.8. The van der Waals surface area contributed by atoms with Gasteiger partial charge in [0.25, 0.3) is 5.56 Å². The predicted molar refractivity (Wildman–Crippen MR) is 115 cm³/mol. The number of hydrogen-bond donors (Lipinski definition) is 0. The molecule has 1 amide bonds. The summed E-state index contributed by atoms with van der Waals surface area (Å²) in [5.41, 5.74) is 0.808. The Morgan fingerprint density at radius 1 is 1.28 bits per heavy atom. The number of thioether (sulfide) groups is 1. The predicted octanol–water partition coefficient (Wildman–Crippen LogP) is 4.35. The van der Waals surface area contributed by atoms with Crippen LogP contribution in [0.5, 0.6) is 0 Å². The number of aromatic nitrogens is 2. The molecule has 0 aliphatic rings. The molecule has 0 atom stereocenters. The highest BCUT2D eigenvalue weighted by Gasteiger charge is 2.16. The van der Waals surface area contributed by atoms with Gasteiger partial charge in [0, 0.05) is 30.7 Å². The SMILES string of the molecule is CCCn1c(SCC(=O)N(C)Cc2ccccc2F)nc2cc(Cl)ccc2c1=O. The number of carbonyl (C=O) groups is 1. The zero-order chi connectivity index (χ0) is 21.0. The molecule has 152 valence electrons. The van der Waals surface area contributed by atoms with Gasteiger partial charge < -0.3 is 4.90 Å². The number of amides is 1. The van der Waals surface area contributed by atoms with Crippen LogP contribution in [0.25, 0.3) is 10.9 Å². The van der Waals surface area contributed by atoms with E-state index in [9.17, 15) is 14.0 Å². The summed E-state index contributed by atoms with van der Waals surface area (Å²) in [4.78, 5) is 31.4. The Hall–Kier alpha value is -2.38. The van der Waals surface area contributed by atoms with Gasteiger partial charge in [0.2, 0.25) is 5.91 Å². The van der Waals surface area contributed by atoms with Crippen LogP contribution in [-0.4, -0.2) is 33.2 Å². The first-order valence-electron chi connectivity index (χ1n) is 9.21. The molecule has 0 saturated carbocycles. The van der Waals surface area contributed by atoms with Crippen LogP contribution in [0, 0.1) is 5.82 Å². The number of fused-ring (bicyclic) bond motifs is 1. The lowest BCUT2D eigenvalue weighted by Crippen LogP contribution is -2.29. The van der Waals surface area contributed by atoms with E-state index in [0.29, 0.717) is 33.2 Å². The van der Waals surface area contributed by atoms with Crippen molar-refractivity contribution in [3.05, 3.63) is 69.2 Å².